The zero-order chi connectivity index (χ0) is 23.5. The predicted molar refractivity (Wildman–Crippen MR) is 137 cm³/mol. The topological polar surface area (TPSA) is 84.7 Å². The summed E-state index contributed by atoms with van der Waals surface area (Å²) in [5.74, 6) is 1.14. The molecule has 7 nitrogen and oxygen atoms in total. The van der Waals surface area contributed by atoms with Gasteiger partial charge in [0.25, 0.3) is 5.91 Å². The summed E-state index contributed by atoms with van der Waals surface area (Å²) in [6.07, 6.45) is 3.29. The van der Waals surface area contributed by atoms with Crippen molar-refractivity contribution in [1.82, 2.24) is 19.7 Å². The normalized spacial score (nSPS) is 14.9. The smallest absolute Gasteiger partial charge is 0.255 e. The highest BCUT2D eigenvalue weighted by atomic mass is 79.9. The Morgan fingerprint density at radius 1 is 1.15 bits per heavy atom. The number of carbonyl (C=O) groups is 1. The lowest BCUT2D eigenvalue weighted by atomic mass is 9.95. The highest BCUT2D eigenvalue weighted by Gasteiger charge is 2.34. The van der Waals surface area contributed by atoms with Crippen molar-refractivity contribution in [3.8, 4) is 0 Å². The van der Waals surface area contributed by atoms with Gasteiger partial charge < -0.3 is 10.6 Å². The van der Waals surface area contributed by atoms with E-state index < -0.39 is 6.04 Å². The molecular weight excluding hydrogens is 512 g/mol. The third kappa shape index (κ3) is 4.76. The molecule has 2 N–H and O–H groups in total. The first kappa shape index (κ1) is 22.4. The zero-order valence-electron chi connectivity index (χ0n) is 18.3. The molecule has 0 saturated carbocycles. The first-order valence-corrected chi connectivity index (χ1v) is 12.4. The molecule has 0 fully saturated rings. The highest BCUT2D eigenvalue weighted by molar-refractivity contribution is 9.10. The Bertz CT molecular complexity index is 1360. The standard InChI is InChI=1S/C25H21BrN6OS/c1-16-21(23(33)29-20-11-6-12-27-14-20)22(18-9-5-10-19(26)13-18)32-24(28-16)30-25(31-32)34-15-17-7-3-2-4-8-17/h2-14,22H,15H2,1H3,(H,29,33)(H,28,30,31). The second kappa shape index (κ2) is 9.82. The summed E-state index contributed by atoms with van der Waals surface area (Å²) in [7, 11) is 0. The average molecular weight is 533 g/mol. The number of pyridine rings is 1. The van der Waals surface area contributed by atoms with Gasteiger partial charge in [0.05, 0.1) is 17.5 Å². The van der Waals surface area contributed by atoms with Gasteiger partial charge in [-0.05, 0) is 42.3 Å². The number of fused-ring (bicyclic) bond motifs is 1. The van der Waals surface area contributed by atoms with Crippen molar-refractivity contribution in [1.29, 1.82) is 0 Å². The molecule has 1 amide bonds. The molecule has 1 aliphatic rings. The van der Waals surface area contributed by atoms with Crippen LogP contribution in [0.5, 0.6) is 0 Å². The summed E-state index contributed by atoms with van der Waals surface area (Å²) < 4.78 is 2.72. The monoisotopic (exact) mass is 532 g/mol. The van der Waals surface area contributed by atoms with Crippen LogP contribution >= 0.6 is 27.7 Å². The molecule has 170 valence electrons. The van der Waals surface area contributed by atoms with Crippen molar-refractivity contribution in [2.75, 3.05) is 10.6 Å². The molecule has 1 unspecified atom stereocenters. The molecule has 2 aromatic carbocycles. The van der Waals surface area contributed by atoms with E-state index in [0.717, 1.165) is 21.5 Å². The minimum absolute atomic E-state index is 0.220. The molecule has 2 aromatic heterocycles. The number of aromatic nitrogens is 4. The third-order valence-electron chi connectivity index (χ3n) is 5.37. The zero-order valence-corrected chi connectivity index (χ0v) is 20.7. The minimum atomic E-state index is -0.441. The van der Waals surface area contributed by atoms with E-state index in [1.165, 1.54) is 5.56 Å². The van der Waals surface area contributed by atoms with Crippen LogP contribution in [0.2, 0.25) is 0 Å². The fraction of sp³-hybridized carbons (Fsp3) is 0.120. The highest BCUT2D eigenvalue weighted by Crippen LogP contribution is 2.37. The summed E-state index contributed by atoms with van der Waals surface area (Å²) >= 11 is 5.12. The Labute approximate surface area is 209 Å². The molecule has 0 bridgehead atoms. The number of anilines is 2. The molecule has 4 aromatic rings. The summed E-state index contributed by atoms with van der Waals surface area (Å²) in [6.45, 7) is 1.89. The largest absolute Gasteiger partial charge is 0.328 e. The van der Waals surface area contributed by atoms with E-state index >= 15 is 0 Å². The second-order valence-electron chi connectivity index (χ2n) is 7.75. The Morgan fingerprint density at radius 2 is 2.00 bits per heavy atom. The van der Waals surface area contributed by atoms with E-state index in [-0.39, 0.29) is 5.91 Å². The number of nitrogens with zero attached hydrogens (tertiary/aromatic N) is 4. The Hall–Kier alpha value is -3.43. The van der Waals surface area contributed by atoms with E-state index in [1.54, 1.807) is 34.9 Å². The number of thioether (sulfide) groups is 1. The van der Waals surface area contributed by atoms with Crippen LogP contribution in [-0.2, 0) is 10.5 Å². The molecular formula is C25H21BrN6OS. The lowest BCUT2D eigenvalue weighted by Gasteiger charge is -2.28. The number of carbonyl (C=O) groups excluding carboxylic acids is 1. The maximum Gasteiger partial charge on any atom is 0.255 e. The van der Waals surface area contributed by atoms with Gasteiger partial charge in [-0.1, -0.05) is 70.2 Å². The number of halogens is 1. The Kier molecular flexibility index (Phi) is 6.46. The molecule has 1 atom stereocenters. The second-order valence-corrected chi connectivity index (χ2v) is 9.61. The molecule has 0 aliphatic carbocycles. The molecule has 0 saturated heterocycles. The molecule has 5 rings (SSSR count). The van der Waals surface area contributed by atoms with Crippen LogP contribution in [0, 0.1) is 0 Å². The van der Waals surface area contributed by atoms with Gasteiger partial charge in [0.1, 0.15) is 6.04 Å². The van der Waals surface area contributed by atoms with Gasteiger partial charge in [-0.25, -0.2) is 4.68 Å². The first-order chi connectivity index (χ1) is 16.6. The number of rotatable bonds is 6. The third-order valence-corrected chi connectivity index (χ3v) is 6.77. The fourth-order valence-corrected chi connectivity index (χ4v) is 5.03. The summed E-state index contributed by atoms with van der Waals surface area (Å²) in [4.78, 5) is 22.3. The molecule has 34 heavy (non-hydrogen) atoms. The van der Waals surface area contributed by atoms with Gasteiger partial charge >= 0.3 is 0 Å². The van der Waals surface area contributed by atoms with Gasteiger partial charge in [-0.2, -0.15) is 4.98 Å². The predicted octanol–water partition coefficient (Wildman–Crippen LogP) is 5.66. The quantitative estimate of drug-likeness (QED) is 0.312. The van der Waals surface area contributed by atoms with Gasteiger partial charge in [0.2, 0.25) is 11.1 Å². The number of amides is 1. The number of nitrogens with one attached hydrogen (secondary N) is 2. The molecule has 1 aliphatic heterocycles. The summed E-state index contributed by atoms with van der Waals surface area (Å²) in [6, 6.07) is 21.3. The molecule has 3 heterocycles. The maximum atomic E-state index is 13.5. The van der Waals surface area contributed by atoms with Gasteiger partial charge in [0.15, 0.2) is 0 Å². The Balaban J connectivity index is 1.50. The van der Waals surface area contributed by atoms with E-state index in [0.29, 0.717) is 22.4 Å². The number of benzene rings is 2. The van der Waals surface area contributed by atoms with Crippen molar-refractivity contribution in [3.05, 3.63) is 106 Å². The lowest BCUT2D eigenvalue weighted by molar-refractivity contribution is -0.113. The number of hydrogen-bond acceptors (Lipinski definition) is 6. The van der Waals surface area contributed by atoms with Crippen LogP contribution in [0.25, 0.3) is 0 Å². The van der Waals surface area contributed by atoms with Crippen LogP contribution in [0.3, 0.4) is 0 Å². The minimum Gasteiger partial charge on any atom is -0.328 e. The lowest BCUT2D eigenvalue weighted by Crippen LogP contribution is -2.31. The first-order valence-electron chi connectivity index (χ1n) is 10.7. The van der Waals surface area contributed by atoms with Gasteiger partial charge in [-0.15, -0.1) is 5.10 Å². The molecule has 0 spiro atoms. The summed E-state index contributed by atoms with van der Waals surface area (Å²) in [5.41, 5.74) is 4.05. The van der Waals surface area contributed by atoms with E-state index in [4.69, 9.17) is 10.1 Å². The molecule has 0 radical (unpaired) electrons. The van der Waals surface area contributed by atoms with Crippen LogP contribution in [0.1, 0.15) is 24.1 Å². The van der Waals surface area contributed by atoms with Crippen LogP contribution in [0.15, 0.2) is 100 Å². The van der Waals surface area contributed by atoms with Crippen LogP contribution < -0.4 is 10.6 Å². The van der Waals surface area contributed by atoms with Gasteiger partial charge in [-0.3, -0.25) is 9.78 Å². The van der Waals surface area contributed by atoms with E-state index in [1.807, 2.05) is 55.5 Å². The Morgan fingerprint density at radius 3 is 2.76 bits per heavy atom. The fourth-order valence-electron chi connectivity index (χ4n) is 3.83. The maximum absolute atomic E-state index is 13.5. The van der Waals surface area contributed by atoms with E-state index in [2.05, 4.69) is 43.7 Å². The van der Waals surface area contributed by atoms with E-state index in [9.17, 15) is 4.79 Å². The average Bonchev–Trinajstić information content (AvgIpc) is 3.25. The van der Waals surface area contributed by atoms with Gasteiger partial charge in [0, 0.05) is 22.1 Å². The summed E-state index contributed by atoms with van der Waals surface area (Å²) in [5, 5.41) is 11.7. The van der Waals surface area contributed by atoms with Crippen molar-refractivity contribution in [2.24, 2.45) is 0 Å². The van der Waals surface area contributed by atoms with Crippen LogP contribution in [0.4, 0.5) is 11.6 Å². The van der Waals surface area contributed by atoms with Crippen molar-refractivity contribution in [2.45, 2.75) is 23.9 Å². The number of allylic oxidation sites excluding steroid dienone is 1. The molecule has 9 heteroatoms. The van der Waals surface area contributed by atoms with Crippen LogP contribution in [-0.4, -0.2) is 25.7 Å². The van der Waals surface area contributed by atoms with Crippen molar-refractivity contribution in [3.63, 3.8) is 0 Å². The van der Waals surface area contributed by atoms with Crippen molar-refractivity contribution < 1.29 is 4.79 Å². The van der Waals surface area contributed by atoms with Crippen molar-refractivity contribution >= 4 is 45.2 Å². The number of hydrogen-bond donors (Lipinski definition) is 2. The SMILES string of the molecule is CC1=C(C(=O)Nc2cccnc2)C(c2cccc(Br)c2)n2nc(SCc3ccccc3)nc2N1.